The minimum Gasteiger partial charge on any atom is -0.351 e. The largest absolute Gasteiger partial charge is 0.351 e. The van der Waals surface area contributed by atoms with E-state index in [0.29, 0.717) is 29.9 Å². The Kier molecular flexibility index (Phi) is 5.26. The fourth-order valence-corrected chi connectivity index (χ4v) is 7.34. The van der Waals surface area contributed by atoms with Gasteiger partial charge in [0.15, 0.2) is 5.78 Å². The van der Waals surface area contributed by atoms with Gasteiger partial charge >= 0.3 is 0 Å². The first-order chi connectivity index (χ1) is 14.4. The zero-order chi connectivity index (χ0) is 22.8. The van der Waals surface area contributed by atoms with Crippen molar-refractivity contribution in [3.63, 3.8) is 0 Å². The van der Waals surface area contributed by atoms with Crippen LogP contribution in [0.3, 0.4) is 0 Å². The molecule has 0 radical (unpaired) electrons. The molecule has 4 aliphatic rings. The lowest BCUT2D eigenvalue weighted by Gasteiger charge is -2.56. The third-order valence-electron chi connectivity index (χ3n) is 8.79. The molecule has 0 aromatic heterocycles. The maximum atomic E-state index is 13.1. The Morgan fingerprint density at radius 1 is 1.06 bits per heavy atom. The molecular weight excluding hydrogens is 388 g/mol. The molecule has 2 fully saturated rings. The summed E-state index contributed by atoms with van der Waals surface area (Å²) in [5.74, 6) is 1.50. The van der Waals surface area contributed by atoms with Crippen molar-refractivity contribution < 1.29 is 14.4 Å². The topological polar surface area (TPSA) is 75.3 Å². The van der Waals surface area contributed by atoms with Gasteiger partial charge in [-0.15, -0.1) is 0 Å². The molecule has 2 saturated carbocycles. The smallest absolute Gasteiger partial charge is 0.224 e. The lowest BCUT2D eigenvalue weighted by molar-refractivity contribution is -0.132. The van der Waals surface area contributed by atoms with Crippen LogP contribution in [0.2, 0.25) is 0 Å². The summed E-state index contributed by atoms with van der Waals surface area (Å²) in [6.07, 6.45) is 9.89. The number of nitrogens with one attached hydrogen (secondary N) is 2. The average molecular weight is 427 g/mol. The number of amides is 2. The molecule has 0 aromatic rings. The lowest BCUT2D eigenvalue weighted by Crippen LogP contribution is -2.53. The molecule has 6 atom stereocenters. The van der Waals surface area contributed by atoms with Crippen molar-refractivity contribution in [1.29, 1.82) is 0 Å². The summed E-state index contributed by atoms with van der Waals surface area (Å²) in [5.41, 5.74) is 1.23. The first-order valence-corrected chi connectivity index (χ1v) is 11.9. The normalized spacial score (nSPS) is 39.5. The number of ketones is 1. The Bertz CT molecular complexity index is 880. The number of fused-ring (bicyclic) bond motifs is 5. The average Bonchev–Trinajstić information content (AvgIpc) is 3.00. The highest BCUT2D eigenvalue weighted by molar-refractivity contribution is 6.00. The van der Waals surface area contributed by atoms with Gasteiger partial charge in [0.05, 0.1) is 5.70 Å². The van der Waals surface area contributed by atoms with Gasteiger partial charge in [-0.1, -0.05) is 26.0 Å². The number of hydrogen-bond donors (Lipinski definition) is 2. The molecule has 2 amide bonds. The highest BCUT2D eigenvalue weighted by Crippen LogP contribution is 2.65. The summed E-state index contributed by atoms with van der Waals surface area (Å²) in [6.45, 7) is 12.2. The van der Waals surface area contributed by atoms with Gasteiger partial charge in [0.2, 0.25) is 11.8 Å². The van der Waals surface area contributed by atoms with Crippen LogP contribution in [-0.4, -0.2) is 23.1 Å². The van der Waals surface area contributed by atoms with E-state index in [1.54, 1.807) is 0 Å². The molecule has 0 saturated heterocycles. The Morgan fingerprint density at radius 3 is 2.42 bits per heavy atom. The van der Waals surface area contributed by atoms with Crippen LogP contribution in [0.4, 0.5) is 0 Å². The van der Waals surface area contributed by atoms with Crippen LogP contribution < -0.4 is 10.6 Å². The molecule has 5 nitrogen and oxygen atoms in total. The SMILES string of the molecule is CC(=O)NC1=C2C=C[C@H]3[C@@H]4CC[C@H](C(=O)NC(C)(C)C)[C@@]4(C)CC[C@@H]3[C@@]2(C)CCC1=O. The molecular formula is C26H38N2O3. The molecule has 0 aromatic carbocycles. The van der Waals surface area contributed by atoms with Crippen LogP contribution in [0.1, 0.15) is 80.1 Å². The van der Waals surface area contributed by atoms with Crippen molar-refractivity contribution in [2.24, 2.45) is 34.5 Å². The standard InChI is InChI=1S/C26H38N2O3/c1-15(29)27-22-19-8-7-16-17-9-10-20(23(31)28-24(2,3)4)26(17,6)13-11-18(16)25(19,5)14-12-21(22)30/h7-8,16-18,20H,9-14H2,1-6H3,(H,27,29)(H,28,31)/t16-,17-,18-,20+,25+,26-/m0/s1. The molecule has 31 heavy (non-hydrogen) atoms. The Hall–Kier alpha value is -1.91. The van der Waals surface area contributed by atoms with Gasteiger partial charge in [-0.25, -0.2) is 0 Å². The summed E-state index contributed by atoms with van der Waals surface area (Å²) in [4.78, 5) is 37.5. The van der Waals surface area contributed by atoms with Crippen LogP contribution in [0.25, 0.3) is 0 Å². The fraction of sp³-hybridized carbons (Fsp3) is 0.731. The number of carbonyl (C=O) groups is 3. The third kappa shape index (κ3) is 3.58. The molecule has 170 valence electrons. The van der Waals surface area contributed by atoms with Crippen LogP contribution >= 0.6 is 0 Å². The van der Waals surface area contributed by atoms with E-state index in [4.69, 9.17) is 0 Å². The second-order valence-corrected chi connectivity index (χ2v) is 11.9. The number of hydrogen-bond acceptors (Lipinski definition) is 3. The first kappa shape index (κ1) is 22.3. The Labute approximate surface area is 186 Å². The number of carbonyl (C=O) groups excluding carboxylic acids is 3. The lowest BCUT2D eigenvalue weighted by atomic mass is 9.48. The highest BCUT2D eigenvalue weighted by Gasteiger charge is 2.60. The maximum Gasteiger partial charge on any atom is 0.224 e. The summed E-state index contributed by atoms with van der Waals surface area (Å²) >= 11 is 0. The van der Waals surface area contributed by atoms with Crippen molar-refractivity contribution in [1.82, 2.24) is 10.6 Å². The van der Waals surface area contributed by atoms with Crippen LogP contribution in [0.15, 0.2) is 23.4 Å². The molecule has 4 aliphatic carbocycles. The zero-order valence-corrected chi connectivity index (χ0v) is 19.9. The van der Waals surface area contributed by atoms with E-state index < -0.39 is 0 Å². The van der Waals surface area contributed by atoms with Crippen molar-refractivity contribution in [3.8, 4) is 0 Å². The summed E-state index contributed by atoms with van der Waals surface area (Å²) < 4.78 is 0. The van der Waals surface area contributed by atoms with Crippen LogP contribution in [-0.2, 0) is 14.4 Å². The second-order valence-electron chi connectivity index (χ2n) is 11.9. The first-order valence-electron chi connectivity index (χ1n) is 11.9. The molecule has 5 heteroatoms. The van der Waals surface area contributed by atoms with Gasteiger partial charge in [-0.05, 0) is 87.0 Å². The van der Waals surface area contributed by atoms with Crippen molar-refractivity contribution in [2.45, 2.75) is 85.6 Å². The van der Waals surface area contributed by atoms with E-state index >= 15 is 0 Å². The molecule has 0 heterocycles. The number of Topliss-reactive ketones (excluding diaryl/α,β-unsaturated/α-hetero) is 1. The van der Waals surface area contributed by atoms with Crippen molar-refractivity contribution >= 4 is 17.6 Å². The fourth-order valence-electron chi connectivity index (χ4n) is 7.34. The van der Waals surface area contributed by atoms with Gasteiger partial charge in [0.25, 0.3) is 0 Å². The minimum atomic E-state index is -0.213. The summed E-state index contributed by atoms with van der Waals surface area (Å²) in [7, 11) is 0. The maximum absolute atomic E-state index is 13.1. The second kappa shape index (κ2) is 7.31. The molecule has 4 rings (SSSR count). The van der Waals surface area contributed by atoms with Gasteiger partial charge in [-0.3, -0.25) is 14.4 Å². The van der Waals surface area contributed by atoms with E-state index in [2.05, 4.69) is 36.6 Å². The Morgan fingerprint density at radius 2 is 1.77 bits per heavy atom. The quantitative estimate of drug-likeness (QED) is 0.692. The molecule has 2 N–H and O–H groups in total. The van der Waals surface area contributed by atoms with Gasteiger partial charge in [0.1, 0.15) is 0 Å². The molecule has 0 aliphatic heterocycles. The zero-order valence-electron chi connectivity index (χ0n) is 19.9. The minimum absolute atomic E-state index is 0.0172. The molecule has 0 spiro atoms. The third-order valence-corrected chi connectivity index (χ3v) is 8.79. The Balaban J connectivity index is 1.67. The monoisotopic (exact) mass is 426 g/mol. The highest BCUT2D eigenvalue weighted by atomic mass is 16.2. The van der Waals surface area contributed by atoms with Gasteiger partial charge in [0, 0.05) is 24.8 Å². The molecule has 0 bridgehead atoms. The molecule has 0 unspecified atom stereocenters. The van der Waals surface area contributed by atoms with Crippen LogP contribution in [0.5, 0.6) is 0 Å². The van der Waals surface area contributed by atoms with Crippen molar-refractivity contribution in [2.75, 3.05) is 0 Å². The summed E-state index contributed by atoms with van der Waals surface area (Å²) in [6, 6.07) is 0. The number of allylic oxidation sites excluding steroid dienone is 4. The van der Waals surface area contributed by atoms with E-state index in [-0.39, 0.29) is 39.9 Å². The predicted octanol–water partition coefficient (Wildman–Crippen LogP) is 4.29. The van der Waals surface area contributed by atoms with Gasteiger partial charge in [-0.2, -0.15) is 0 Å². The van der Waals surface area contributed by atoms with Crippen LogP contribution in [0, 0.1) is 34.5 Å². The predicted molar refractivity (Wildman–Crippen MR) is 121 cm³/mol. The van der Waals surface area contributed by atoms with Gasteiger partial charge < -0.3 is 10.6 Å². The van der Waals surface area contributed by atoms with Crippen molar-refractivity contribution in [3.05, 3.63) is 23.4 Å². The number of rotatable bonds is 2. The summed E-state index contributed by atoms with van der Waals surface area (Å²) in [5, 5.41) is 6.07. The van der Waals surface area contributed by atoms with E-state index in [9.17, 15) is 14.4 Å². The van der Waals surface area contributed by atoms with E-state index in [1.807, 2.05) is 20.8 Å². The van der Waals surface area contributed by atoms with E-state index in [0.717, 1.165) is 37.7 Å². The van der Waals surface area contributed by atoms with E-state index in [1.165, 1.54) is 6.92 Å².